The van der Waals surface area contributed by atoms with Gasteiger partial charge in [0, 0.05) is 15.6 Å². The van der Waals surface area contributed by atoms with Crippen LogP contribution >= 0.6 is 23.2 Å². The molecule has 220 valence electrons. The zero-order chi connectivity index (χ0) is 30.2. The molecule has 3 aromatic carbocycles. The first-order valence-corrected chi connectivity index (χ1v) is 14.0. The van der Waals surface area contributed by atoms with Crippen LogP contribution in [0.15, 0.2) is 60.2 Å². The van der Waals surface area contributed by atoms with Crippen LogP contribution in [0.5, 0.6) is 23.0 Å². The molecule has 1 aliphatic rings. The molecule has 3 aromatic rings. The molecular weight excluding hydrogens is 583 g/mol. The fourth-order valence-electron chi connectivity index (χ4n) is 4.12. The van der Waals surface area contributed by atoms with Crippen LogP contribution in [0, 0.1) is 0 Å². The highest BCUT2D eigenvalue weighted by molar-refractivity contribution is 6.35. The standard InChI is InChI=1S/C31H30Cl2N2O7/c1-4-12-41-25-11-7-20(15-27(25)39-3)17-35-30(37)23(29(36)34-31(35)38)13-19-6-10-26(28(14-19)40-5-2)42-18-21-8-9-22(32)16-24(21)33/h6-11,13-16H,4-5,12,17-18H2,1-3H3,(H,34,36,38)/b23-13+. The highest BCUT2D eigenvalue weighted by Gasteiger charge is 2.36. The van der Waals surface area contributed by atoms with Crippen LogP contribution in [-0.2, 0) is 22.7 Å². The smallest absolute Gasteiger partial charge is 0.331 e. The largest absolute Gasteiger partial charge is 0.493 e. The Balaban J connectivity index is 1.55. The summed E-state index contributed by atoms with van der Waals surface area (Å²) in [7, 11) is 1.51. The van der Waals surface area contributed by atoms with Gasteiger partial charge in [0.15, 0.2) is 23.0 Å². The van der Waals surface area contributed by atoms with Crippen LogP contribution in [0.4, 0.5) is 4.79 Å². The topological polar surface area (TPSA) is 103 Å². The number of ether oxygens (including phenoxy) is 4. The SMILES string of the molecule is CCCOc1ccc(CN2C(=O)NC(=O)/C(=C\c3ccc(OCc4ccc(Cl)cc4Cl)c(OCC)c3)C2=O)cc1OC. The maximum absolute atomic E-state index is 13.4. The number of methoxy groups -OCH3 is 1. The number of carbonyl (C=O) groups is 3. The van der Waals surface area contributed by atoms with Crippen molar-refractivity contribution in [3.05, 3.63) is 86.9 Å². The van der Waals surface area contributed by atoms with E-state index in [-0.39, 0.29) is 18.7 Å². The molecule has 1 aliphatic heterocycles. The number of carbonyl (C=O) groups excluding carboxylic acids is 3. The minimum absolute atomic E-state index is 0.0794. The normalized spacial score (nSPS) is 14.2. The summed E-state index contributed by atoms with van der Waals surface area (Å²) in [5, 5.41) is 3.24. The van der Waals surface area contributed by atoms with Crippen molar-refractivity contribution in [2.75, 3.05) is 20.3 Å². The van der Waals surface area contributed by atoms with Crippen LogP contribution in [0.3, 0.4) is 0 Å². The van der Waals surface area contributed by atoms with Gasteiger partial charge in [-0.3, -0.25) is 19.8 Å². The summed E-state index contributed by atoms with van der Waals surface area (Å²) < 4.78 is 22.8. The van der Waals surface area contributed by atoms with Crippen molar-refractivity contribution in [2.45, 2.75) is 33.4 Å². The second kappa shape index (κ2) is 14.1. The van der Waals surface area contributed by atoms with Crippen molar-refractivity contribution >= 4 is 47.1 Å². The number of barbiturate groups is 1. The fraction of sp³-hybridized carbons (Fsp3) is 0.258. The molecule has 0 aromatic heterocycles. The fourth-order valence-corrected chi connectivity index (χ4v) is 4.59. The molecule has 11 heteroatoms. The van der Waals surface area contributed by atoms with Crippen molar-refractivity contribution in [3.63, 3.8) is 0 Å². The number of amides is 4. The first-order chi connectivity index (χ1) is 20.2. The molecular formula is C31H30Cl2N2O7. The molecule has 4 rings (SSSR count). The van der Waals surface area contributed by atoms with E-state index in [9.17, 15) is 14.4 Å². The van der Waals surface area contributed by atoms with Gasteiger partial charge in [0.05, 0.1) is 26.9 Å². The van der Waals surface area contributed by atoms with Gasteiger partial charge in [-0.2, -0.15) is 0 Å². The summed E-state index contributed by atoms with van der Waals surface area (Å²) in [6.45, 7) is 4.78. The second-order valence-corrected chi connectivity index (χ2v) is 10.0. The Bertz CT molecular complexity index is 1520. The number of halogens is 2. The highest BCUT2D eigenvalue weighted by atomic mass is 35.5. The van der Waals surface area contributed by atoms with E-state index >= 15 is 0 Å². The van der Waals surface area contributed by atoms with Crippen molar-refractivity contribution < 1.29 is 33.3 Å². The van der Waals surface area contributed by atoms with Crippen LogP contribution in [0.25, 0.3) is 6.08 Å². The third-order valence-corrected chi connectivity index (χ3v) is 6.78. The molecule has 1 fully saturated rings. The maximum atomic E-state index is 13.4. The maximum Gasteiger partial charge on any atom is 0.331 e. The van der Waals surface area contributed by atoms with Crippen LogP contribution < -0.4 is 24.3 Å². The van der Waals surface area contributed by atoms with E-state index in [2.05, 4.69) is 5.32 Å². The average Bonchev–Trinajstić information content (AvgIpc) is 2.97. The number of hydrogen-bond donors (Lipinski definition) is 1. The molecule has 1 N–H and O–H groups in total. The third kappa shape index (κ3) is 7.35. The number of urea groups is 1. The van der Waals surface area contributed by atoms with E-state index in [0.717, 1.165) is 16.9 Å². The van der Waals surface area contributed by atoms with Gasteiger partial charge in [-0.15, -0.1) is 0 Å². The summed E-state index contributed by atoms with van der Waals surface area (Å²) in [5.41, 5.74) is 1.66. The van der Waals surface area contributed by atoms with E-state index < -0.39 is 17.8 Å². The summed E-state index contributed by atoms with van der Waals surface area (Å²) in [6.07, 6.45) is 2.23. The molecule has 0 spiro atoms. The van der Waals surface area contributed by atoms with Gasteiger partial charge in [0.25, 0.3) is 11.8 Å². The first-order valence-electron chi connectivity index (χ1n) is 13.3. The zero-order valence-electron chi connectivity index (χ0n) is 23.4. The lowest BCUT2D eigenvalue weighted by Crippen LogP contribution is -2.53. The Labute approximate surface area is 253 Å². The molecule has 0 bridgehead atoms. The Morgan fingerprint density at radius 1 is 0.857 bits per heavy atom. The van der Waals surface area contributed by atoms with Crippen LogP contribution in [0.2, 0.25) is 10.0 Å². The predicted octanol–water partition coefficient (Wildman–Crippen LogP) is 6.43. The first kappa shape index (κ1) is 30.7. The Kier molecular flexibility index (Phi) is 10.3. The molecule has 9 nitrogen and oxygen atoms in total. The molecule has 42 heavy (non-hydrogen) atoms. The number of imide groups is 2. The molecule has 1 heterocycles. The Hall–Kier alpha value is -4.21. The minimum Gasteiger partial charge on any atom is -0.493 e. The van der Waals surface area contributed by atoms with Gasteiger partial charge in [0.2, 0.25) is 0 Å². The van der Waals surface area contributed by atoms with Gasteiger partial charge >= 0.3 is 6.03 Å². The monoisotopic (exact) mass is 612 g/mol. The quantitative estimate of drug-likeness (QED) is 0.186. The summed E-state index contributed by atoms with van der Waals surface area (Å²) in [5.74, 6) is 0.360. The van der Waals surface area contributed by atoms with E-state index in [4.69, 9.17) is 42.1 Å². The van der Waals surface area contributed by atoms with Crippen molar-refractivity contribution in [2.24, 2.45) is 0 Å². The van der Waals surface area contributed by atoms with E-state index in [1.54, 1.807) is 54.6 Å². The van der Waals surface area contributed by atoms with Gasteiger partial charge in [-0.1, -0.05) is 48.3 Å². The summed E-state index contributed by atoms with van der Waals surface area (Å²) in [4.78, 5) is 39.6. The molecule has 0 radical (unpaired) electrons. The number of nitrogens with one attached hydrogen (secondary N) is 1. The predicted molar refractivity (Wildman–Crippen MR) is 159 cm³/mol. The molecule has 0 aliphatic carbocycles. The van der Waals surface area contributed by atoms with Gasteiger partial charge < -0.3 is 18.9 Å². The Morgan fingerprint density at radius 2 is 1.62 bits per heavy atom. The van der Waals surface area contributed by atoms with E-state index in [0.29, 0.717) is 57.4 Å². The van der Waals surface area contributed by atoms with Crippen LogP contribution in [-0.4, -0.2) is 43.1 Å². The van der Waals surface area contributed by atoms with Crippen molar-refractivity contribution in [1.29, 1.82) is 0 Å². The van der Waals surface area contributed by atoms with Gasteiger partial charge in [-0.05, 0) is 66.9 Å². The minimum atomic E-state index is -0.813. The Morgan fingerprint density at radius 3 is 2.33 bits per heavy atom. The van der Waals surface area contributed by atoms with Crippen LogP contribution in [0.1, 0.15) is 37.0 Å². The lowest BCUT2D eigenvalue weighted by molar-refractivity contribution is -0.130. The summed E-state index contributed by atoms with van der Waals surface area (Å²) >= 11 is 12.2. The summed E-state index contributed by atoms with van der Waals surface area (Å²) in [6, 6.07) is 14.5. The zero-order valence-corrected chi connectivity index (χ0v) is 24.9. The molecule has 0 atom stereocenters. The lowest BCUT2D eigenvalue weighted by atomic mass is 10.1. The van der Waals surface area contributed by atoms with Crippen molar-refractivity contribution in [3.8, 4) is 23.0 Å². The molecule has 1 saturated heterocycles. The number of benzene rings is 3. The van der Waals surface area contributed by atoms with Crippen molar-refractivity contribution in [1.82, 2.24) is 10.2 Å². The molecule has 4 amide bonds. The second-order valence-electron chi connectivity index (χ2n) is 9.21. The number of hydrogen-bond acceptors (Lipinski definition) is 7. The highest BCUT2D eigenvalue weighted by Crippen LogP contribution is 2.32. The third-order valence-electron chi connectivity index (χ3n) is 6.19. The van der Waals surface area contributed by atoms with Gasteiger partial charge in [0.1, 0.15) is 12.2 Å². The van der Waals surface area contributed by atoms with Gasteiger partial charge in [-0.25, -0.2) is 4.79 Å². The van der Waals surface area contributed by atoms with E-state index in [1.807, 2.05) is 13.8 Å². The lowest BCUT2D eigenvalue weighted by Gasteiger charge is -2.26. The average molecular weight is 613 g/mol. The number of nitrogens with zero attached hydrogens (tertiary/aromatic N) is 1. The number of rotatable bonds is 12. The molecule has 0 saturated carbocycles. The van der Waals surface area contributed by atoms with E-state index in [1.165, 1.54) is 13.2 Å². The molecule has 0 unspecified atom stereocenters.